The summed E-state index contributed by atoms with van der Waals surface area (Å²) in [7, 11) is -0.665. The van der Waals surface area contributed by atoms with E-state index >= 15 is 0 Å². The molecule has 0 unspecified atom stereocenters. The maximum absolute atomic E-state index is 12.0. The van der Waals surface area contributed by atoms with E-state index in [0.717, 1.165) is 0 Å². The molecule has 5 nitrogen and oxygen atoms in total. The van der Waals surface area contributed by atoms with Crippen molar-refractivity contribution in [3.63, 3.8) is 0 Å². The van der Waals surface area contributed by atoms with E-state index < -0.39 is 16.4 Å². The molecule has 0 fully saturated rings. The smallest absolute Gasteiger partial charge is 0.205 e. The van der Waals surface area contributed by atoms with Crippen LogP contribution in [0.5, 0.6) is 11.5 Å². The zero-order valence-electron chi connectivity index (χ0n) is 9.43. The van der Waals surface area contributed by atoms with Crippen LogP contribution in [0.25, 0.3) is 6.08 Å². The molecule has 0 atom stereocenters. The van der Waals surface area contributed by atoms with Crippen molar-refractivity contribution >= 4 is 15.9 Å². The van der Waals surface area contributed by atoms with Gasteiger partial charge in [-0.05, 0) is 17.7 Å². The average Bonchev–Trinajstić information content (AvgIpc) is 2.58. The summed E-state index contributed by atoms with van der Waals surface area (Å²) in [5.41, 5.74) is 0.506. The number of aliphatic hydroxyl groups excluding tert-OH is 1. The molecule has 1 heterocycles. The number of sulfone groups is 1. The van der Waals surface area contributed by atoms with Crippen LogP contribution in [0.2, 0.25) is 0 Å². The topological polar surface area (TPSA) is 72.8 Å². The lowest BCUT2D eigenvalue weighted by Gasteiger charge is -2.09. The second-order valence-corrected chi connectivity index (χ2v) is 5.49. The van der Waals surface area contributed by atoms with E-state index in [9.17, 15) is 8.42 Å². The SMILES string of the molecule is COc1cc2c(cc1OC)S(=O)(=O)C(CO)=C2. The second kappa shape index (κ2) is 4.05. The van der Waals surface area contributed by atoms with Crippen LogP contribution in [0.4, 0.5) is 0 Å². The van der Waals surface area contributed by atoms with Crippen molar-refractivity contribution in [2.45, 2.75) is 4.90 Å². The van der Waals surface area contributed by atoms with Gasteiger partial charge in [0.05, 0.1) is 30.6 Å². The first kappa shape index (κ1) is 11.9. The Morgan fingerprint density at radius 3 is 2.29 bits per heavy atom. The van der Waals surface area contributed by atoms with Gasteiger partial charge in [0.2, 0.25) is 9.84 Å². The lowest BCUT2D eigenvalue weighted by Crippen LogP contribution is -2.04. The second-order valence-electron chi connectivity index (χ2n) is 3.52. The van der Waals surface area contributed by atoms with Gasteiger partial charge in [0, 0.05) is 6.07 Å². The zero-order valence-corrected chi connectivity index (χ0v) is 10.2. The average molecular weight is 256 g/mol. The first-order valence-corrected chi connectivity index (χ1v) is 6.35. The Balaban J connectivity index is 2.68. The van der Waals surface area contributed by atoms with Gasteiger partial charge in [0.15, 0.2) is 11.5 Å². The fourth-order valence-corrected chi connectivity index (χ4v) is 3.17. The number of methoxy groups -OCH3 is 2. The number of ether oxygens (including phenoxy) is 2. The highest BCUT2D eigenvalue weighted by Gasteiger charge is 2.30. The van der Waals surface area contributed by atoms with Crippen LogP contribution in [0.15, 0.2) is 21.9 Å². The Labute approximate surface area is 99.2 Å². The predicted octanol–water partition coefficient (Wildman–Crippen LogP) is 0.824. The molecule has 0 saturated heterocycles. The molecule has 1 N–H and O–H groups in total. The molecule has 92 valence electrons. The minimum absolute atomic E-state index is 0.0113. The number of hydrogen-bond donors (Lipinski definition) is 1. The first-order chi connectivity index (χ1) is 8.04. The summed E-state index contributed by atoms with van der Waals surface area (Å²) in [6.07, 6.45) is 1.44. The summed E-state index contributed by atoms with van der Waals surface area (Å²) in [6, 6.07) is 2.98. The Kier molecular flexibility index (Phi) is 2.84. The first-order valence-electron chi connectivity index (χ1n) is 4.87. The Morgan fingerprint density at radius 1 is 1.18 bits per heavy atom. The highest BCUT2D eigenvalue weighted by atomic mass is 32.2. The van der Waals surface area contributed by atoms with Gasteiger partial charge < -0.3 is 14.6 Å². The van der Waals surface area contributed by atoms with Gasteiger partial charge in [-0.1, -0.05) is 0 Å². The minimum atomic E-state index is -3.58. The highest BCUT2D eigenvalue weighted by molar-refractivity contribution is 7.95. The van der Waals surface area contributed by atoms with Crippen LogP contribution < -0.4 is 9.47 Å². The molecule has 0 radical (unpaired) electrons. The number of aliphatic hydroxyl groups is 1. The molecular formula is C11H12O5S. The molecule has 1 aliphatic heterocycles. The van der Waals surface area contributed by atoms with E-state index in [1.54, 1.807) is 6.07 Å². The largest absolute Gasteiger partial charge is 0.493 e. The maximum atomic E-state index is 12.0. The fourth-order valence-electron chi connectivity index (χ4n) is 1.74. The van der Waals surface area contributed by atoms with Gasteiger partial charge >= 0.3 is 0 Å². The van der Waals surface area contributed by atoms with E-state index in [-0.39, 0.29) is 9.80 Å². The third-order valence-corrected chi connectivity index (χ3v) is 4.49. The van der Waals surface area contributed by atoms with Gasteiger partial charge in [-0.2, -0.15) is 0 Å². The third kappa shape index (κ3) is 1.69. The van der Waals surface area contributed by atoms with Gasteiger partial charge in [-0.15, -0.1) is 0 Å². The van der Waals surface area contributed by atoms with Crippen molar-refractivity contribution in [1.29, 1.82) is 0 Å². The van der Waals surface area contributed by atoms with Gasteiger partial charge in [-0.3, -0.25) is 0 Å². The summed E-state index contributed by atoms with van der Waals surface area (Å²) >= 11 is 0. The predicted molar refractivity (Wildman–Crippen MR) is 61.8 cm³/mol. The van der Waals surface area contributed by atoms with Gasteiger partial charge in [-0.25, -0.2) is 8.42 Å². The van der Waals surface area contributed by atoms with Gasteiger partial charge in [0.25, 0.3) is 0 Å². The molecular weight excluding hydrogens is 244 g/mol. The molecule has 0 amide bonds. The van der Waals surface area contributed by atoms with Crippen molar-refractivity contribution < 1.29 is 23.0 Å². The van der Waals surface area contributed by atoms with Crippen LogP contribution in [0, 0.1) is 0 Å². The number of rotatable bonds is 3. The minimum Gasteiger partial charge on any atom is -0.493 e. The molecule has 0 saturated carbocycles. The Hall–Kier alpha value is -1.53. The highest BCUT2D eigenvalue weighted by Crippen LogP contribution is 2.39. The van der Waals surface area contributed by atoms with Crippen molar-refractivity contribution in [2.24, 2.45) is 0 Å². The van der Waals surface area contributed by atoms with Gasteiger partial charge in [0.1, 0.15) is 0 Å². The fraction of sp³-hybridized carbons (Fsp3) is 0.273. The van der Waals surface area contributed by atoms with Crippen LogP contribution in [0.3, 0.4) is 0 Å². The third-order valence-electron chi connectivity index (χ3n) is 2.62. The van der Waals surface area contributed by atoms with Crippen LogP contribution in [-0.4, -0.2) is 34.4 Å². The monoisotopic (exact) mass is 256 g/mol. The number of benzene rings is 1. The molecule has 17 heavy (non-hydrogen) atoms. The summed E-state index contributed by atoms with van der Waals surface area (Å²) in [5, 5.41) is 9.02. The Bertz CT molecular complexity index is 586. The molecule has 0 spiro atoms. The zero-order chi connectivity index (χ0) is 12.6. The van der Waals surface area contributed by atoms with Crippen LogP contribution >= 0.6 is 0 Å². The number of fused-ring (bicyclic) bond motifs is 1. The molecule has 6 heteroatoms. The van der Waals surface area contributed by atoms with E-state index in [4.69, 9.17) is 14.6 Å². The van der Waals surface area contributed by atoms with Crippen molar-refractivity contribution in [3.05, 3.63) is 22.6 Å². The van der Waals surface area contributed by atoms with E-state index in [1.807, 2.05) is 0 Å². The van der Waals surface area contributed by atoms with E-state index in [1.165, 1.54) is 26.4 Å². The summed E-state index contributed by atoms with van der Waals surface area (Å²) in [6.45, 7) is -0.512. The summed E-state index contributed by atoms with van der Waals surface area (Å²) in [4.78, 5) is 0.127. The molecule has 1 aromatic carbocycles. The lowest BCUT2D eigenvalue weighted by atomic mass is 10.2. The normalized spacial score (nSPS) is 16.3. The van der Waals surface area contributed by atoms with Crippen molar-refractivity contribution in [1.82, 2.24) is 0 Å². The number of hydrogen-bond acceptors (Lipinski definition) is 5. The molecule has 0 bridgehead atoms. The molecule has 1 aliphatic rings. The lowest BCUT2D eigenvalue weighted by molar-refractivity contribution is 0.339. The quantitative estimate of drug-likeness (QED) is 0.867. The van der Waals surface area contributed by atoms with E-state index in [2.05, 4.69) is 0 Å². The van der Waals surface area contributed by atoms with E-state index in [0.29, 0.717) is 17.1 Å². The van der Waals surface area contributed by atoms with Crippen molar-refractivity contribution in [2.75, 3.05) is 20.8 Å². The molecule has 0 aliphatic carbocycles. The maximum Gasteiger partial charge on any atom is 0.205 e. The standard InChI is InChI=1S/C11H12O5S/c1-15-9-4-7-3-8(6-12)17(13,14)11(7)5-10(9)16-2/h3-5,12H,6H2,1-2H3. The Morgan fingerprint density at radius 2 is 1.76 bits per heavy atom. The van der Waals surface area contributed by atoms with Crippen LogP contribution in [-0.2, 0) is 9.84 Å². The molecule has 0 aromatic heterocycles. The molecule has 1 aromatic rings. The summed E-state index contributed by atoms with van der Waals surface area (Å²) in [5.74, 6) is 0.805. The van der Waals surface area contributed by atoms with Crippen LogP contribution in [0.1, 0.15) is 5.56 Å². The summed E-state index contributed by atoms with van der Waals surface area (Å²) < 4.78 is 34.1. The molecule has 2 rings (SSSR count). The van der Waals surface area contributed by atoms with Crippen molar-refractivity contribution in [3.8, 4) is 11.5 Å².